The number of hydrogen-bond donors (Lipinski definition) is 0. The van der Waals surface area contributed by atoms with Crippen LogP contribution in [0.2, 0.25) is 10.0 Å². The largest absolute Gasteiger partial charge is 0.377 e. The first kappa shape index (κ1) is 16.5. The van der Waals surface area contributed by atoms with E-state index in [-0.39, 0.29) is 21.5 Å². The molecule has 2 aromatic rings. The lowest BCUT2D eigenvalue weighted by Gasteiger charge is -2.09. The molecule has 0 aromatic heterocycles. The molecule has 10 heteroatoms. The lowest BCUT2D eigenvalue weighted by molar-refractivity contribution is -0.384. The topological polar surface area (TPSA) is 86.5 Å². The molecule has 2 aromatic carbocycles. The third-order valence-electron chi connectivity index (χ3n) is 2.49. The van der Waals surface area contributed by atoms with Gasteiger partial charge in [-0.3, -0.25) is 10.1 Å². The second-order valence-corrected chi connectivity index (χ2v) is 6.34. The van der Waals surface area contributed by atoms with Gasteiger partial charge in [-0.1, -0.05) is 23.2 Å². The van der Waals surface area contributed by atoms with Crippen LogP contribution in [0.15, 0.2) is 41.3 Å². The molecule has 2 rings (SSSR count). The summed E-state index contributed by atoms with van der Waals surface area (Å²) in [7, 11) is -4.50. The first-order valence-corrected chi connectivity index (χ1v) is 7.70. The average Bonchev–Trinajstić information content (AvgIpc) is 2.40. The molecule has 0 aliphatic heterocycles. The maximum Gasteiger partial charge on any atom is 0.342 e. The molecule has 0 N–H and O–H groups in total. The van der Waals surface area contributed by atoms with Crippen molar-refractivity contribution in [2.45, 2.75) is 4.90 Å². The Labute approximate surface area is 134 Å². The lowest BCUT2D eigenvalue weighted by atomic mass is 10.3. The Hall–Kier alpha value is -1.90. The second kappa shape index (κ2) is 6.07. The third-order valence-corrected chi connectivity index (χ3v) is 4.29. The van der Waals surface area contributed by atoms with Crippen LogP contribution >= 0.6 is 23.2 Å². The van der Waals surface area contributed by atoms with Gasteiger partial charge in [0.05, 0.1) is 9.95 Å². The van der Waals surface area contributed by atoms with Gasteiger partial charge in [0.2, 0.25) is 0 Å². The Morgan fingerprint density at radius 1 is 1.14 bits per heavy atom. The summed E-state index contributed by atoms with van der Waals surface area (Å²) in [6, 6.07) is 5.87. The maximum absolute atomic E-state index is 13.7. The summed E-state index contributed by atoms with van der Waals surface area (Å²) in [5.41, 5.74) is -0.340. The first-order chi connectivity index (χ1) is 10.2. The third kappa shape index (κ3) is 3.46. The fraction of sp³-hybridized carbons (Fsp3) is 0. The molecule has 0 spiro atoms. The number of benzene rings is 2. The molecule has 0 amide bonds. The van der Waals surface area contributed by atoms with Crippen LogP contribution in [0, 0.1) is 15.9 Å². The predicted molar refractivity (Wildman–Crippen MR) is 77.3 cm³/mol. The van der Waals surface area contributed by atoms with Gasteiger partial charge in [0.25, 0.3) is 5.69 Å². The van der Waals surface area contributed by atoms with E-state index in [1.165, 1.54) is 6.07 Å². The van der Waals surface area contributed by atoms with E-state index >= 15 is 0 Å². The summed E-state index contributed by atoms with van der Waals surface area (Å²) >= 11 is 11.3. The zero-order chi connectivity index (χ0) is 16.5. The Bertz CT molecular complexity index is 857. The van der Waals surface area contributed by atoms with Crippen LogP contribution in [-0.4, -0.2) is 13.3 Å². The van der Waals surface area contributed by atoms with Crippen molar-refractivity contribution in [2.75, 3.05) is 0 Å². The fourth-order valence-electron chi connectivity index (χ4n) is 1.51. The Morgan fingerprint density at radius 2 is 1.82 bits per heavy atom. The minimum Gasteiger partial charge on any atom is -0.377 e. The molecule has 0 heterocycles. The van der Waals surface area contributed by atoms with Crippen molar-refractivity contribution in [2.24, 2.45) is 0 Å². The van der Waals surface area contributed by atoms with Crippen molar-refractivity contribution in [1.82, 2.24) is 0 Å². The first-order valence-electron chi connectivity index (χ1n) is 5.54. The molecule has 0 radical (unpaired) electrons. The number of nitro benzene ring substituents is 1. The summed E-state index contributed by atoms with van der Waals surface area (Å²) in [5.74, 6) is -1.45. The van der Waals surface area contributed by atoms with Crippen molar-refractivity contribution < 1.29 is 21.9 Å². The second-order valence-electron chi connectivity index (χ2n) is 3.98. The highest BCUT2D eigenvalue weighted by molar-refractivity contribution is 7.87. The van der Waals surface area contributed by atoms with Gasteiger partial charge in [-0.2, -0.15) is 8.42 Å². The number of rotatable bonds is 4. The zero-order valence-electron chi connectivity index (χ0n) is 10.5. The molecule has 6 nitrogen and oxygen atoms in total. The summed E-state index contributed by atoms with van der Waals surface area (Å²) in [5, 5.41) is 10.3. The lowest BCUT2D eigenvalue weighted by Crippen LogP contribution is -2.12. The van der Waals surface area contributed by atoms with Crippen LogP contribution in [0.3, 0.4) is 0 Å². The van der Waals surface area contributed by atoms with Gasteiger partial charge < -0.3 is 4.18 Å². The van der Waals surface area contributed by atoms with Gasteiger partial charge in [0.15, 0.2) is 5.75 Å². The zero-order valence-corrected chi connectivity index (χ0v) is 12.8. The number of halogens is 3. The highest BCUT2D eigenvalue weighted by Crippen LogP contribution is 2.31. The van der Waals surface area contributed by atoms with Crippen LogP contribution < -0.4 is 4.18 Å². The molecule has 0 atom stereocenters. The smallest absolute Gasteiger partial charge is 0.342 e. The van der Waals surface area contributed by atoms with E-state index in [1.807, 2.05) is 0 Å². The van der Waals surface area contributed by atoms with Gasteiger partial charge in [0.1, 0.15) is 10.7 Å². The van der Waals surface area contributed by atoms with Gasteiger partial charge in [0, 0.05) is 17.2 Å². The number of non-ortho nitro benzene ring substituents is 1. The molecule has 0 saturated heterocycles. The highest BCUT2D eigenvalue weighted by Gasteiger charge is 2.23. The van der Waals surface area contributed by atoms with Crippen LogP contribution in [0.25, 0.3) is 0 Å². The summed E-state index contributed by atoms with van der Waals surface area (Å²) in [4.78, 5) is 9.14. The quantitative estimate of drug-likeness (QED) is 0.467. The van der Waals surface area contributed by atoms with E-state index in [9.17, 15) is 22.9 Å². The SMILES string of the molecule is O=[N+]([O-])c1ccc(OS(=O)(=O)c2ccc(Cl)cc2F)c(Cl)c1. The molecule has 0 saturated carbocycles. The summed E-state index contributed by atoms with van der Waals surface area (Å²) in [6.07, 6.45) is 0. The van der Waals surface area contributed by atoms with Crippen molar-refractivity contribution in [3.8, 4) is 5.75 Å². The van der Waals surface area contributed by atoms with Crippen LogP contribution in [0.1, 0.15) is 0 Å². The number of nitrogens with zero attached hydrogens (tertiary/aromatic N) is 1. The van der Waals surface area contributed by atoms with Gasteiger partial charge in [-0.05, 0) is 24.3 Å². The van der Waals surface area contributed by atoms with Gasteiger partial charge in [-0.25, -0.2) is 4.39 Å². The minimum atomic E-state index is -4.50. The average molecular weight is 366 g/mol. The van der Waals surface area contributed by atoms with Crippen molar-refractivity contribution in [3.63, 3.8) is 0 Å². The van der Waals surface area contributed by atoms with Crippen molar-refractivity contribution >= 4 is 39.0 Å². The Morgan fingerprint density at radius 3 is 2.36 bits per heavy atom. The van der Waals surface area contributed by atoms with Crippen LogP contribution in [0.4, 0.5) is 10.1 Å². The molecule has 0 bridgehead atoms. The molecular formula is C12H6Cl2FNO5S. The van der Waals surface area contributed by atoms with Gasteiger partial charge >= 0.3 is 10.1 Å². The normalized spacial score (nSPS) is 11.2. The van der Waals surface area contributed by atoms with E-state index in [1.54, 1.807) is 0 Å². The van der Waals surface area contributed by atoms with E-state index in [2.05, 4.69) is 0 Å². The van der Waals surface area contributed by atoms with E-state index in [4.69, 9.17) is 27.4 Å². The number of hydrogen-bond acceptors (Lipinski definition) is 5. The van der Waals surface area contributed by atoms with Crippen LogP contribution in [0.5, 0.6) is 5.75 Å². The van der Waals surface area contributed by atoms with E-state index < -0.39 is 25.8 Å². The molecule has 0 aliphatic carbocycles. The highest BCUT2D eigenvalue weighted by atomic mass is 35.5. The molecular weight excluding hydrogens is 360 g/mol. The molecule has 0 fully saturated rings. The molecule has 0 unspecified atom stereocenters. The van der Waals surface area contributed by atoms with Crippen molar-refractivity contribution in [3.05, 3.63) is 62.4 Å². The minimum absolute atomic E-state index is 0.0184. The summed E-state index contributed by atoms with van der Waals surface area (Å²) < 4.78 is 42.4. The van der Waals surface area contributed by atoms with Crippen molar-refractivity contribution in [1.29, 1.82) is 0 Å². The number of nitro groups is 1. The van der Waals surface area contributed by atoms with E-state index in [0.29, 0.717) is 0 Å². The molecule has 22 heavy (non-hydrogen) atoms. The Balaban J connectivity index is 2.39. The van der Waals surface area contributed by atoms with Gasteiger partial charge in [-0.15, -0.1) is 0 Å². The molecule has 116 valence electrons. The Kier molecular flexibility index (Phi) is 4.55. The standard InChI is InChI=1S/C12H6Cl2FNO5S/c13-7-1-4-12(10(15)5-7)22(19,20)21-11-3-2-8(16(17)18)6-9(11)14/h1-6H. The van der Waals surface area contributed by atoms with Crippen LogP contribution in [-0.2, 0) is 10.1 Å². The summed E-state index contributed by atoms with van der Waals surface area (Å²) in [6.45, 7) is 0. The fourth-order valence-corrected chi connectivity index (χ4v) is 2.93. The monoisotopic (exact) mass is 365 g/mol. The predicted octanol–water partition coefficient (Wildman–Crippen LogP) is 3.81. The van der Waals surface area contributed by atoms with E-state index in [0.717, 1.165) is 30.3 Å². The maximum atomic E-state index is 13.7. The molecule has 0 aliphatic rings.